The number of carboxylic acids is 1. The maximum absolute atomic E-state index is 11.1. The second-order valence-corrected chi connectivity index (χ2v) is 3.85. The molecule has 0 fully saturated rings. The number of nitrogens with zero attached hydrogens (tertiary/aromatic N) is 4. The van der Waals surface area contributed by atoms with E-state index in [0.717, 1.165) is 0 Å². The summed E-state index contributed by atoms with van der Waals surface area (Å²) in [6.07, 6.45) is 0. The Morgan fingerprint density at radius 3 is 2.67 bits per heavy atom. The van der Waals surface area contributed by atoms with E-state index in [9.17, 15) is 4.79 Å². The molecule has 1 N–H and O–H groups in total. The second-order valence-electron chi connectivity index (χ2n) is 3.41. The number of halogens is 1. The first-order valence-corrected chi connectivity index (χ1v) is 5.31. The molecule has 0 aliphatic carbocycles. The smallest absolute Gasteiger partial charge is 0.358 e. The summed E-state index contributed by atoms with van der Waals surface area (Å²) in [6.45, 7) is -0.0712. The lowest BCUT2D eigenvalue weighted by molar-refractivity contribution is 0.0691. The van der Waals surface area contributed by atoms with E-state index in [1.165, 1.54) is 4.68 Å². The zero-order valence-corrected chi connectivity index (χ0v) is 9.79. The zero-order chi connectivity index (χ0) is 13.1. The summed E-state index contributed by atoms with van der Waals surface area (Å²) in [5.41, 5.74) is 0.699. The molecule has 1 aromatic heterocycles. The first-order chi connectivity index (χ1) is 8.63. The predicted octanol–water partition coefficient (Wildman–Crippen LogP) is 1.82. The number of benzene rings is 1. The van der Waals surface area contributed by atoms with E-state index >= 15 is 0 Å². The fourth-order valence-corrected chi connectivity index (χ4v) is 1.65. The van der Waals surface area contributed by atoms with E-state index in [-0.39, 0.29) is 12.2 Å². The number of rotatable bonds is 3. The van der Waals surface area contributed by atoms with Gasteiger partial charge >= 0.3 is 5.97 Å². The minimum absolute atomic E-state index is 0.0712. The van der Waals surface area contributed by atoms with Crippen molar-refractivity contribution in [2.45, 2.75) is 6.54 Å². The van der Waals surface area contributed by atoms with Crippen LogP contribution in [-0.2, 0) is 6.54 Å². The monoisotopic (exact) mass is 262 g/mol. The van der Waals surface area contributed by atoms with Crippen LogP contribution in [0.5, 0.6) is 0 Å². The van der Waals surface area contributed by atoms with Crippen molar-refractivity contribution < 1.29 is 9.90 Å². The Labute approximate surface area is 107 Å². The van der Waals surface area contributed by atoms with Gasteiger partial charge in [-0.2, -0.15) is 5.26 Å². The summed E-state index contributed by atoms with van der Waals surface area (Å²) < 4.78 is 1.24. The molecule has 0 saturated heterocycles. The molecule has 90 valence electrons. The van der Waals surface area contributed by atoms with Crippen LogP contribution in [0.4, 0.5) is 0 Å². The lowest BCUT2D eigenvalue weighted by Gasteiger charge is -2.03. The number of hydrogen-bond donors (Lipinski definition) is 1. The maximum Gasteiger partial charge on any atom is 0.358 e. The molecule has 7 heteroatoms. The van der Waals surface area contributed by atoms with Crippen molar-refractivity contribution in [1.29, 1.82) is 5.26 Å². The van der Waals surface area contributed by atoms with E-state index in [0.29, 0.717) is 16.3 Å². The van der Waals surface area contributed by atoms with Gasteiger partial charge in [-0.3, -0.25) is 0 Å². The van der Waals surface area contributed by atoms with Gasteiger partial charge in [-0.25, -0.2) is 9.48 Å². The average molecular weight is 263 g/mol. The fourth-order valence-electron chi connectivity index (χ4n) is 1.53. The normalized spacial score (nSPS) is 10.0. The standard InChI is InChI=1S/C11H7ClN4O2/c12-8-3-1-7(2-4-8)10-9(11(17)18)14-15-16(10)6-5-13/h1-4H,6H2,(H,17,18). The summed E-state index contributed by atoms with van der Waals surface area (Å²) in [7, 11) is 0. The summed E-state index contributed by atoms with van der Waals surface area (Å²) >= 11 is 5.77. The van der Waals surface area contributed by atoms with Crippen LogP contribution in [-0.4, -0.2) is 26.1 Å². The van der Waals surface area contributed by atoms with Crippen molar-refractivity contribution in [3.8, 4) is 17.3 Å². The van der Waals surface area contributed by atoms with E-state index < -0.39 is 5.97 Å². The highest BCUT2D eigenvalue weighted by molar-refractivity contribution is 6.30. The molecule has 0 spiro atoms. The highest BCUT2D eigenvalue weighted by atomic mass is 35.5. The summed E-state index contributed by atoms with van der Waals surface area (Å²) in [6, 6.07) is 8.47. The Bertz CT molecular complexity index is 627. The van der Waals surface area contributed by atoms with Gasteiger partial charge in [0, 0.05) is 10.6 Å². The first kappa shape index (κ1) is 12.1. The van der Waals surface area contributed by atoms with Gasteiger partial charge in [0.15, 0.2) is 5.69 Å². The molecule has 1 aromatic carbocycles. The van der Waals surface area contributed by atoms with Gasteiger partial charge < -0.3 is 5.11 Å². The number of carboxylic acid groups (broad SMARTS) is 1. The van der Waals surface area contributed by atoms with Crippen LogP contribution in [0.25, 0.3) is 11.3 Å². The number of aromatic nitrogens is 3. The van der Waals surface area contributed by atoms with Crippen LogP contribution >= 0.6 is 11.6 Å². The van der Waals surface area contributed by atoms with Crippen LogP contribution in [0.15, 0.2) is 24.3 Å². The zero-order valence-electron chi connectivity index (χ0n) is 9.04. The number of aromatic carboxylic acids is 1. The van der Waals surface area contributed by atoms with Gasteiger partial charge in [0.25, 0.3) is 0 Å². The summed E-state index contributed by atoms with van der Waals surface area (Å²) in [5.74, 6) is -1.19. The van der Waals surface area contributed by atoms with Crippen molar-refractivity contribution in [3.63, 3.8) is 0 Å². The Morgan fingerprint density at radius 2 is 2.11 bits per heavy atom. The van der Waals surface area contributed by atoms with Crippen LogP contribution in [0.2, 0.25) is 5.02 Å². The minimum Gasteiger partial charge on any atom is -0.476 e. The Kier molecular flexibility index (Phi) is 3.26. The van der Waals surface area contributed by atoms with Crippen molar-refractivity contribution >= 4 is 17.6 Å². The molecule has 6 nitrogen and oxygen atoms in total. The van der Waals surface area contributed by atoms with Gasteiger partial charge in [0.1, 0.15) is 12.2 Å². The predicted molar refractivity (Wildman–Crippen MR) is 63.0 cm³/mol. The molecule has 0 unspecified atom stereocenters. The lowest BCUT2D eigenvalue weighted by Crippen LogP contribution is -2.04. The third kappa shape index (κ3) is 2.17. The SMILES string of the molecule is N#CCn1nnc(C(=O)O)c1-c1ccc(Cl)cc1. The van der Waals surface area contributed by atoms with Crippen LogP contribution in [0.3, 0.4) is 0 Å². The fraction of sp³-hybridized carbons (Fsp3) is 0.0909. The van der Waals surface area contributed by atoms with Gasteiger partial charge in [0.2, 0.25) is 0 Å². The molecule has 0 bridgehead atoms. The van der Waals surface area contributed by atoms with Crippen LogP contribution < -0.4 is 0 Å². The highest BCUT2D eigenvalue weighted by Gasteiger charge is 2.20. The molecule has 2 rings (SSSR count). The first-order valence-electron chi connectivity index (χ1n) is 4.93. The molecule has 0 atom stereocenters. The van der Waals surface area contributed by atoms with Crippen LogP contribution in [0, 0.1) is 11.3 Å². The van der Waals surface area contributed by atoms with Crippen molar-refractivity contribution in [2.24, 2.45) is 0 Å². The topological polar surface area (TPSA) is 91.8 Å². The van der Waals surface area contributed by atoms with Crippen molar-refractivity contribution in [1.82, 2.24) is 15.0 Å². The van der Waals surface area contributed by atoms with E-state index in [4.69, 9.17) is 22.0 Å². The maximum atomic E-state index is 11.1. The Morgan fingerprint density at radius 1 is 1.44 bits per heavy atom. The third-order valence-corrected chi connectivity index (χ3v) is 2.53. The summed E-state index contributed by atoms with van der Waals surface area (Å²) in [5, 5.41) is 25.5. The Hall–Kier alpha value is -2.39. The minimum atomic E-state index is -1.19. The highest BCUT2D eigenvalue weighted by Crippen LogP contribution is 2.24. The lowest BCUT2D eigenvalue weighted by atomic mass is 10.1. The number of nitriles is 1. The molecular formula is C11H7ClN4O2. The molecule has 0 amide bonds. The van der Waals surface area contributed by atoms with Gasteiger partial charge in [-0.05, 0) is 12.1 Å². The number of hydrogen-bond acceptors (Lipinski definition) is 4. The molecule has 1 heterocycles. The van der Waals surface area contributed by atoms with E-state index in [1.807, 2.05) is 6.07 Å². The van der Waals surface area contributed by atoms with Crippen molar-refractivity contribution in [2.75, 3.05) is 0 Å². The van der Waals surface area contributed by atoms with E-state index in [1.54, 1.807) is 24.3 Å². The molecule has 18 heavy (non-hydrogen) atoms. The molecule has 0 saturated carbocycles. The molecule has 0 radical (unpaired) electrons. The van der Waals surface area contributed by atoms with E-state index in [2.05, 4.69) is 10.3 Å². The molecule has 0 aliphatic rings. The van der Waals surface area contributed by atoms with Gasteiger partial charge in [-0.1, -0.05) is 28.9 Å². The van der Waals surface area contributed by atoms with Gasteiger partial charge in [-0.15, -0.1) is 5.10 Å². The second kappa shape index (κ2) is 4.85. The van der Waals surface area contributed by atoms with Crippen LogP contribution in [0.1, 0.15) is 10.5 Å². The average Bonchev–Trinajstić information content (AvgIpc) is 2.75. The number of carbonyl (C=O) groups is 1. The molecule has 2 aromatic rings. The molecular weight excluding hydrogens is 256 g/mol. The van der Waals surface area contributed by atoms with Gasteiger partial charge in [0.05, 0.1) is 6.07 Å². The summed E-state index contributed by atoms with van der Waals surface area (Å²) in [4.78, 5) is 11.1. The van der Waals surface area contributed by atoms with Crippen molar-refractivity contribution in [3.05, 3.63) is 35.0 Å². The third-order valence-electron chi connectivity index (χ3n) is 2.28. The largest absolute Gasteiger partial charge is 0.476 e. The molecule has 0 aliphatic heterocycles. The Balaban J connectivity index is 2.59. The quantitative estimate of drug-likeness (QED) is 0.911.